The number of rotatable bonds is 5. The van der Waals surface area contributed by atoms with Crippen LogP contribution in [0.4, 0.5) is 0 Å². The summed E-state index contributed by atoms with van der Waals surface area (Å²) in [7, 11) is 0. The molecule has 4 aromatic rings. The number of hydrogen-bond donors (Lipinski definition) is 1. The third kappa shape index (κ3) is 2.70. The number of nitrogens with one attached hydrogen (secondary N) is 1. The summed E-state index contributed by atoms with van der Waals surface area (Å²) >= 11 is 6.30. The van der Waals surface area contributed by atoms with Gasteiger partial charge in [-0.05, 0) is 37.4 Å². The molecule has 0 atom stereocenters. The number of nitrogens with zero attached hydrogens (tertiary/aromatic N) is 2. The number of halogens is 1. The molecule has 1 N–H and O–H groups in total. The van der Waals surface area contributed by atoms with E-state index in [1.165, 1.54) is 0 Å². The van der Waals surface area contributed by atoms with E-state index in [0.29, 0.717) is 17.1 Å². The average molecular weight is 368 g/mol. The fourth-order valence-corrected chi connectivity index (χ4v) is 3.95. The molecule has 26 heavy (non-hydrogen) atoms. The van der Waals surface area contributed by atoms with Gasteiger partial charge in [-0.3, -0.25) is 4.79 Å². The average Bonchev–Trinajstić information content (AvgIpc) is 3.05. The molecule has 0 aliphatic rings. The lowest BCUT2D eigenvalue weighted by molar-refractivity contribution is 0.291. The second-order valence-corrected chi connectivity index (χ2v) is 7.00. The van der Waals surface area contributed by atoms with Gasteiger partial charge in [0.2, 0.25) is 0 Å². The fraction of sp³-hybridized carbons (Fsp3) is 0.286. The van der Waals surface area contributed by atoms with Crippen LogP contribution in [0.15, 0.2) is 47.3 Å². The Balaban J connectivity index is 2.03. The molecular formula is C21H22ClN3O. The van der Waals surface area contributed by atoms with Gasteiger partial charge in [-0.25, -0.2) is 0 Å². The first kappa shape index (κ1) is 17.1. The molecule has 0 saturated heterocycles. The van der Waals surface area contributed by atoms with Gasteiger partial charge in [0.25, 0.3) is 5.56 Å². The van der Waals surface area contributed by atoms with Crippen LogP contribution in [-0.2, 0) is 6.54 Å². The lowest BCUT2D eigenvalue weighted by Gasteiger charge is -2.19. The number of para-hydroxylation sites is 1. The normalized spacial score (nSPS) is 12.0. The molecule has 134 valence electrons. The highest BCUT2D eigenvalue weighted by Gasteiger charge is 2.16. The Labute approximate surface area is 157 Å². The van der Waals surface area contributed by atoms with E-state index in [-0.39, 0.29) is 5.56 Å². The third-order valence-electron chi connectivity index (χ3n) is 5.22. The van der Waals surface area contributed by atoms with Crippen molar-refractivity contribution in [3.8, 4) is 0 Å². The van der Waals surface area contributed by atoms with Gasteiger partial charge >= 0.3 is 0 Å². The number of H-pyrrole nitrogens is 1. The highest BCUT2D eigenvalue weighted by Crippen LogP contribution is 2.31. The van der Waals surface area contributed by atoms with E-state index in [1.807, 2.05) is 47.0 Å². The van der Waals surface area contributed by atoms with Crippen molar-refractivity contribution in [3.63, 3.8) is 0 Å². The maximum absolute atomic E-state index is 13.3. The molecule has 2 aromatic carbocycles. The summed E-state index contributed by atoms with van der Waals surface area (Å²) < 4.78 is 1.88. The van der Waals surface area contributed by atoms with E-state index in [1.54, 1.807) is 0 Å². The van der Waals surface area contributed by atoms with E-state index in [9.17, 15) is 4.79 Å². The molecule has 0 saturated carbocycles. The largest absolute Gasteiger partial charge is 0.350 e. The van der Waals surface area contributed by atoms with Crippen LogP contribution in [0.25, 0.3) is 32.7 Å². The van der Waals surface area contributed by atoms with Gasteiger partial charge in [-0.2, -0.15) is 0 Å². The van der Waals surface area contributed by atoms with Crippen molar-refractivity contribution in [3.05, 3.63) is 57.8 Å². The van der Waals surface area contributed by atoms with Gasteiger partial charge in [0.05, 0.1) is 5.52 Å². The number of pyridine rings is 1. The number of likely N-dealkylation sites (N-methyl/N-ethyl adjacent to an activating group) is 1. The summed E-state index contributed by atoms with van der Waals surface area (Å²) in [6, 6.07) is 13.8. The Bertz CT molecular complexity index is 1150. The molecule has 0 unspecified atom stereocenters. The van der Waals surface area contributed by atoms with Crippen LogP contribution >= 0.6 is 11.6 Å². The van der Waals surface area contributed by atoms with E-state index in [0.717, 1.165) is 46.8 Å². The fourth-order valence-electron chi connectivity index (χ4n) is 3.77. The molecule has 4 nitrogen and oxygen atoms in total. The van der Waals surface area contributed by atoms with Crippen molar-refractivity contribution in [2.24, 2.45) is 0 Å². The minimum Gasteiger partial charge on any atom is -0.350 e. The number of fused-ring (bicyclic) bond motifs is 5. The van der Waals surface area contributed by atoms with Gasteiger partial charge < -0.3 is 14.5 Å². The monoisotopic (exact) mass is 367 g/mol. The summed E-state index contributed by atoms with van der Waals surface area (Å²) in [6.07, 6.45) is 0. The number of hydrogen-bond acceptors (Lipinski definition) is 2. The second kappa shape index (κ2) is 6.78. The molecule has 2 heterocycles. The molecule has 0 fully saturated rings. The summed E-state index contributed by atoms with van der Waals surface area (Å²) in [5.74, 6) is 0. The van der Waals surface area contributed by atoms with Crippen molar-refractivity contribution in [1.82, 2.24) is 14.5 Å². The van der Waals surface area contributed by atoms with E-state index >= 15 is 0 Å². The molecule has 0 amide bonds. The van der Waals surface area contributed by atoms with Crippen LogP contribution in [0.5, 0.6) is 0 Å². The lowest BCUT2D eigenvalue weighted by Crippen LogP contribution is -2.31. The Morgan fingerprint density at radius 2 is 1.85 bits per heavy atom. The van der Waals surface area contributed by atoms with Crippen LogP contribution in [0.1, 0.15) is 13.8 Å². The summed E-state index contributed by atoms with van der Waals surface area (Å²) in [5, 5.41) is 3.71. The minimum atomic E-state index is 0.0261. The van der Waals surface area contributed by atoms with Crippen molar-refractivity contribution in [1.29, 1.82) is 0 Å². The van der Waals surface area contributed by atoms with Crippen LogP contribution in [0.2, 0.25) is 5.02 Å². The lowest BCUT2D eigenvalue weighted by atomic mass is 10.1. The SMILES string of the molecule is CCN(CC)CCn1c(=O)c2[nH]c3ccccc3c2c2cc(Cl)ccc21. The molecule has 0 aliphatic heterocycles. The maximum atomic E-state index is 13.3. The van der Waals surface area contributed by atoms with Gasteiger partial charge in [-0.15, -0.1) is 0 Å². The van der Waals surface area contributed by atoms with E-state index in [2.05, 4.69) is 23.7 Å². The standard InChI is InChI=1S/C21H22ClN3O/c1-3-24(4-2)11-12-25-18-10-9-14(22)13-16(18)19-15-7-5-6-8-17(15)23-20(19)21(25)26/h5-10,13,23H,3-4,11-12H2,1-2H3. The van der Waals surface area contributed by atoms with Gasteiger partial charge in [0.15, 0.2) is 0 Å². The Morgan fingerprint density at radius 3 is 2.62 bits per heavy atom. The molecule has 4 rings (SSSR count). The van der Waals surface area contributed by atoms with Crippen molar-refractivity contribution >= 4 is 44.3 Å². The first-order valence-electron chi connectivity index (χ1n) is 9.08. The van der Waals surface area contributed by atoms with Crippen molar-refractivity contribution in [2.45, 2.75) is 20.4 Å². The van der Waals surface area contributed by atoms with E-state index < -0.39 is 0 Å². The van der Waals surface area contributed by atoms with Crippen LogP contribution in [0, 0.1) is 0 Å². The van der Waals surface area contributed by atoms with Crippen molar-refractivity contribution < 1.29 is 0 Å². The zero-order valence-corrected chi connectivity index (χ0v) is 15.8. The van der Waals surface area contributed by atoms with E-state index in [4.69, 9.17) is 11.6 Å². The van der Waals surface area contributed by atoms with Gasteiger partial charge in [0.1, 0.15) is 5.52 Å². The molecule has 2 aromatic heterocycles. The van der Waals surface area contributed by atoms with Gasteiger partial charge in [0, 0.05) is 39.8 Å². The Kier molecular flexibility index (Phi) is 4.47. The molecular weight excluding hydrogens is 346 g/mol. The first-order valence-corrected chi connectivity index (χ1v) is 9.46. The molecule has 0 aliphatic carbocycles. The summed E-state index contributed by atoms with van der Waals surface area (Å²) in [5.41, 5.74) is 2.59. The Morgan fingerprint density at radius 1 is 1.08 bits per heavy atom. The van der Waals surface area contributed by atoms with Crippen molar-refractivity contribution in [2.75, 3.05) is 19.6 Å². The third-order valence-corrected chi connectivity index (χ3v) is 5.45. The predicted octanol–water partition coefficient (Wildman–Crippen LogP) is 4.63. The molecule has 5 heteroatoms. The highest BCUT2D eigenvalue weighted by molar-refractivity contribution is 6.32. The predicted molar refractivity (Wildman–Crippen MR) is 110 cm³/mol. The first-order chi connectivity index (χ1) is 12.6. The highest BCUT2D eigenvalue weighted by atomic mass is 35.5. The molecule has 0 spiro atoms. The quantitative estimate of drug-likeness (QED) is 0.558. The second-order valence-electron chi connectivity index (χ2n) is 6.57. The number of aromatic amines is 1. The smallest absolute Gasteiger partial charge is 0.275 e. The summed E-state index contributed by atoms with van der Waals surface area (Å²) in [4.78, 5) is 18.9. The molecule has 0 bridgehead atoms. The Hall–Kier alpha value is -2.30. The molecule has 0 radical (unpaired) electrons. The number of benzene rings is 2. The number of aromatic nitrogens is 2. The zero-order chi connectivity index (χ0) is 18.3. The topological polar surface area (TPSA) is 41.0 Å². The zero-order valence-electron chi connectivity index (χ0n) is 15.1. The van der Waals surface area contributed by atoms with Crippen LogP contribution < -0.4 is 5.56 Å². The van der Waals surface area contributed by atoms with Gasteiger partial charge in [-0.1, -0.05) is 43.6 Å². The van der Waals surface area contributed by atoms with Crippen LogP contribution in [-0.4, -0.2) is 34.1 Å². The minimum absolute atomic E-state index is 0.0261. The maximum Gasteiger partial charge on any atom is 0.275 e. The summed E-state index contributed by atoms with van der Waals surface area (Å²) in [6.45, 7) is 7.74. The van der Waals surface area contributed by atoms with Crippen LogP contribution in [0.3, 0.4) is 0 Å².